The lowest BCUT2D eigenvalue weighted by molar-refractivity contribution is 0.0926. The second-order valence-corrected chi connectivity index (χ2v) is 4.70. The lowest BCUT2D eigenvalue weighted by Gasteiger charge is -2.22. The van der Waals surface area contributed by atoms with Crippen LogP contribution < -0.4 is 5.32 Å². The zero-order chi connectivity index (χ0) is 13.2. The number of rotatable bonds is 3. The molecule has 5 heteroatoms. The summed E-state index contributed by atoms with van der Waals surface area (Å²) in [6.07, 6.45) is 6.55. The van der Waals surface area contributed by atoms with Gasteiger partial charge in [-0.1, -0.05) is 6.92 Å². The zero-order valence-corrected chi connectivity index (χ0v) is 10.8. The largest absolute Gasteiger partial charge is 0.469 e. The van der Waals surface area contributed by atoms with Crippen LogP contribution in [0.5, 0.6) is 0 Å². The lowest BCUT2D eigenvalue weighted by atomic mass is 9.93. The van der Waals surface area contributed by atoms with Gasteiger partial charge in [0.25, 0.3) is 5.91 Å². The molecule has 2 heterocycles. The van der Waals surface area contributed by atoms with Crippen LogP contribution in [0, 0.1) is 0 Å². The summed E-state index contributed by atoms with van der Waals surface area (Å²) in [5.41, 5.74) is 1.47. The molecular weight excluding hydrogens is 244 g/mol. The van der Waals surface area contributed by atoms with E-state index in [1.165, 1.54) is 6.39 Å². The number of amides is 1. The molecular formula is C14H16N2O3. The van der Waals surface area contributed by atoms with Crippen molar-refractivity contribution in [1.82, 2.24) is 10.3 Å². The van der Waals surface area contributed by atoms with Crippen molar-refractivity contribution in [2.24, 2.45) is 0 Å². The molecule has 0 spiro atoms. The highest BCUT2D eigenvalue weighted by Crippen LogP contribution is 2.30. The first-order valence-electron chi connectivity index (χ1n) is 6.59. The number of fused-ring (bicyclic) bond motifs is 1. The topological polar surface area (TPSA) is 68.3 Å². The van der Waals surface area contributed by atoms with Crippen LogP contribution in [0.4, 0.5) is 0 Å². The van der Waals surface area contributed by atoms with E-state index in [0.717, 1.165) is 30.6 Å². The molecule has 19 heavy (non-hydrogen) atoms. The van der Waals surface area contributed by atoms with Gasteiger partial charge < -0.3 is 14.2 Å². The molecule has 2 aromatic rings. The molecule has 1 amide bonds. The molecule has 0 aromatic carbocycles. The number of nitrogens with zero attached hydrogens (tertiary/aromatic N) is 1. The average molecular weight is 260 g/mol. The van der Waals surface area contributed by atoms with Gasteiger partial charge in [0.15, 0.2) is 12.1 Å². The van der Waals surface area contributed by atoms with E-state index in [4.69, 9.17) is 8.83 Å². The number of hydrogen-bond donors (Lipinski definition) is 1. The quantitative estimate of drug-likeness (QED) is 0.921. The summed E-state index contributed by atoms with van der Waals surface area (Å²) in [4.78, 5) is 16.2. The molecule has 0 bridgehead atoms. The number of hydrogen-bond acceptors (Lipinski definition) is 4. The summed E-state index contributed by atoms with van der Waals surface area (Å²) in [5.74, 6) is 1.43. The van der Waals surface area contributed by atoms with Crippen molar-refractivity contribution >= 4 is 5.91 Å². The molecule has 0 saturated heterocycles. The van der Waals surface area contributed by atoms with Crippen LogP contribution >= 0.6 is 0 Å². The highest BCUT2D eigenvalue weighted by Gasteiger charge is 2.26. The van der Waals surface area contributed by atoms with Gasteiger partial charge in [0.1, 0.15) is 11.5 Å². The van der Waals surface area contributed by atoms with Crippen LogP contribution in [0.25, 0.3) is 0 Å². The van der Waals surface area contributed by atoms with Crippen LogP contribution in [-0.4, -0.2) is 10.9 Å². The van der Waals surface area contributed by atoms with Crippen molar-refractivity contribution in [3.63, 3.8) is 0 Å². The Morgan fingerprint density at radius 2 is 2.42 bits per heavy atom. The van der Waals surface area contributed by atoms with E-state index < -0.39 is 0 Å². The van der Waals surface area contributed by atoms with Crippen molar-refractivity contribution in [2.45, 2.75) is 38.6 Å². The van der Waals surface area contributed by atoms with Crippen LogP contribution in [0.3, 0.4) is 0 Å². The molecule has 2 aromatic heterocycles. The third-order valence-electron chi connectivity index (χ3n) is 3.53. The van der Waals surface area contributed by atoms with Crippen molar-refractivity contribution in [1.29, 1.82) is 0 Å². The first kappa shape index (κ1) is 12.0. The Morgan fingerprint density at radius 1 is 1.53 bits per heavy atom. The number of carbonyl (C=O) groups is 1. The number of aryl methyl sites for hydroxylation is 2. The summed E-state index contributed by atoms with van der Waals surface area (Å²) in [7, 11) is 0. The number of oxazole rings is 1. The molecule has 0 saturated carbocycles. The normalized spacial score (nSPS) is 18.1. The lowest BCUT2D eigenvalue weighted by Crippen LogP contribution is -2.31. The highest BCUT2D eigenvalue weighted by atomic mass is 16.3. The van der Waals surface area contributed by atoms with Crippen LogP contribution in [0.1, 0.15) is 53.4 Å². The van der Waals surface area contributed by atoms with E-state index >= 15 is 0 Å². The third-order valence-corrected chi connectivity index (χ3v) is 3.53. The van der Waals surface area contributed by atoms with Crippen LogP contribution in [-0.2, 0) is 12.8 Å². The standard InChI is InChI=1S/C14H16N2O3/c1-2-11-13(15-8-19-11)14(17)16-10-4-3-5-12-9(10)6-7-18-12/h6-8,10H,2-5H2,1H3,(H,16,17)/t10-/m1/s1. The van der Waals surface area contributed by atoms with E-state index in [0.29, 0.717) is 17.9 Å². The molecule has 1 atom stereocenters. The molecule has 1 aliphatic carbocycles. The first-order valence-corrected chi connectivity index (χ1v) is 6.59. The van der Waals surface area contributed by atoms with Gasteiger partial charge in [-0.25, -0.2) is 4.98 Å². The van der Waals surface area contributed by atoms with E-state index in [9.17, 15) is 4.79 Å². The minimum Gasteiger partial charge on any atom is -0.469 e. The fourth-order valence-corrected chi connectivity index (χ4v) is 2.57. The molecule has 5 nitrogen and oxygen atoms in total. The predicted molar refractivity (Wildman–Crippen MR) is 67.7 cm³/mol. The monoisotopic (exact) mass is 260 g/mol. The zero-order valence-electron chi connectivity index (χ0n) is 10.8. The fourth-order valence-electron chi connectivity index (χ4n) is 2.57. The average Bonchev–Trinajstić information content (AvgIpc) is 3.07. The van der Waals surface area contributed by atoms with Crippen molar-refractivity contribution < 1.29 is 13.6 Å². The Hall–Kier alpha value is -2.04. The molecule has 0 radical (unpaired) electrons. The second-order valence-electron chi connectivity index (χ2n) is 4.70. The molecule has 100 valence electrons. The Kier molecular flexibility index (Phi) is 3.11. The minimum atomic E-state index is -0.176. The molecule has 1 N–H and O–H groups in total. The van der Waals surface area contributed by atoms with Gasteiger partial charge in [0.2, 0.25) is 0 Å². The molecule has 0 fully saturated rings. The van der Waals surface area contributed by atoms with Crippen molar-refractivity contribution in [3.8, 4) is 0 Å². The van der Waals surface area contributed by atoms with Gasteiger partial charge in [-0.05, 0) is 18.9 Å². The van der Waals surface area contributed by atoms with E-state index in [1.54, 1.807) is 6.26 Å². The SMILES string of the molecule is CCc1ocnc1C(=O)N[C@@H]1CCCc2occc21. The summed E-state index contributed by atoms with van der Waals surface area (Å²) >= 11 is 0. The fraction of sp³-hybridized carbons (Fsp3) is 0.429. The molecule has 1 aliphatic rings. The molecule has 0 unspecified atom stereocenters. The number of nitrogens with one attached hydrogen (secondary N) is 1. The Bertz CT molecular complexity index is 585. The number of aromatic nitrogens is 1. The van der Waals surface area contributed by atoms with Crippen molar-refractivity contribution in [3.05, 3.63) is 41.5 Å². The summed E-state index contributed by atoms with van der Waals surface area (Å²) in [6.45, 7) is 1.94. The highest BCUT2D eigenvalue weighted by molar-refractivity contribution is 5.93. The summed E-state index contributed by atoms with van der Waals surface area (Å²) < 4.78 is 10.6. The van der Waals surface area contributed by atoms with Crippen LogP contribution in [0.2, 0.25) is 0 Å². The van der Waals surface area contributed by atoms with Gasteiger partial charge in [-0.3, -0.25) is 4.79 Å². The van der Waals surface area contributed by atoms with E-state index in [2.05, 4.69) is 10.3 Å². The maximum absolute atomic E-state index is 12.2. The first-order chi connectivity index (χ1) is 9.29. The second kappa shape index (κ2) is 4.91. The Labute approximate surface area is 111 Å². The maximum Gasteiger partial charge on any atom is 0.274 e. The molecule has 0 aliphatic heterocycles. The minimum absolute atomic E-state index is 0.0106. The maximum atomic E-state index is 12.2. The number of carbonyl (C=O) groups excluding carboxylic acids is 1. The number of furan rings is 1. The Balaban J connectivity index is 1.78. The molecule has 3 rings (SSSR count). The Morgan fingerprint density at radius 3 is 3.26 bits per heavy atom. The van der Waals surface area contributed by atoms with Crippen LogP contribution in [0.15, 0.2) is 27.6 Å². The summed E-state index contributed by atoms with van der Waals surface area (Å²) in [5, 5.41) is 3.02. The van der Waals surface area contributed by atoms with Gasteiger partial charge >= 0.3 is 0 Å². The summed E-state index contributed by atoms with van der Waals surface area (Å²) in [6, 6.07) is 1.94. The van der Waals surface area contributed by atoms with Gasteiger partial charge in [0.05, 0.1) is 12.3 Å². The van der Waals surface area contributed by atoms with Gasteiger partial charge in [-0.15, -0.1) is 0 Å². The smallest absolute Gasteiger partial charge is 0.274 e. The van der Waals surface area contributed by atoms with E-state index in [1.807, 2.05) is 13.0 Å². The van der Waals surface area contributed by atoms with Gasteiger partial charge in [-0.2, -0.15) is 0 Å². The van der Waals surface area contributed by atoms with Gasteiger partial charge in [0, 0.05) is 18.4 Å². The van der Waals surface area contributed by atoms with Crippen molar-refractivity contribution in [2.75, 3.05) is 0 Å². The third kappa shape index (κ3) is 2.16. The van der Waals surface area contributed by atoms with E-state index in [-0.39, 0.29) is 11.9 Å². The predicted octanol–water partition coefficient (Wildman–Crippen LogP) is 2.64.